The number of hydrogen-bond donors (Lipinski definition) is 1. The average Bonchev–Trinajstić information content (AvgIpc) is 2.58. The molecule has 1 aromatic carbocycles. The van der Waals surface area contributed by atoms with Gasteiger partial charge in [-0.1, -0.05) is 6.07 Å². The number of nitrogens with zero attached hydrogens (tertiary/aromatic N) is 2. The zero-order chi connectivity index (χ0) is 19.2. The van der Waals surface area contributed by atoms with Crippen LogP contribution in [0.15, 0.2) is 18.2 Å². The Balaban J connectivity index is 1.99. The van der Waals surface area contributed by atoms with Gasteiger partial charge in [-0.15, -0.1) is 0 Å². The second-order valence-corrected chi connectivity index (χ2v) is 8.28. The number of morpholine rings is 1. The van der Waals surface area contributed by atoms with Crippen LogP contribution in [0.25, 0.3) is 0 Å². The van der Waals surface area contributed by atoms with Gasteiger partial charge >= 0.3 is 0 Å². The molecule has 1 amide bonds. The molecule has 1 aliphatic rings. The van der Waals surface area contributed by atoms with E-state index >= 15 is 0 Å². The fraction of sp³-hybridized carbons (Fsp3) is 0.588. The number of carbonyl (C=O) groups excluding carboxylic acids is 1. The first-order valence-corrected chi connectivity index (χ1v) is 10.3. The van der Waals surface area contributed by atoms with Crippen molar-refractivity contribution in [1.82, 2.24) is 9.21 Å². The summed E-state index contributed by atoms with van der Waals surface area (Å²) in [5.74, 6) is 0.129. The van der Waals surface area contributed by atoms with Crippen molar-refractivity contribution in [3.8, 4) is 5.75 Å². The van der Waals surface area contributed by atoms with Gasteiger partial charge in [-0.3, -0.25) is 9.69 Å². The molecule has 1 fully saturated rings. The summed E-state index contributed by atoms with van der Waals surface area (Å²) in [5, 5.41) is 2.74. The van der Waals surface area contributed by atoms with Crippen LogP contribution in [0.5, 0.6) is 5.75 Å². The van der Waals surface area contributed by atoms with Crippen LogP contribution < -0.4 is 10.1 Å². The number of hydrogen-bond acceptors (Lipinski definition) is 6. The molecule has 1 heterocycles. The van der Waals surface area contributed by atoms with Crippen LogP contribution >= 0.6 is 0 Å². The fourth-order valence-corrected chi connectivity index (χ4v) is 3.47. The molecule has 0 unspecified atom stereocenters. The van der Waals surface area contributed by atoms with E-state index in [1.807, 2.05) is 13.0 Å². The van der Waals surface area contributed by atoms with Crippen molar-refractivity contribution in [2.75, 3.05) is 64.6 Å². The van der Waals surface area contributed by atoms with E-state index in [2.05, 4.69) is 10.2 Å². The Bertz CT molecular complexity index is 717. The third kappa shape index (κ3) is 6.24. The zero-order valence-electron chi connectivity index (χ0n) is 15.5. The highest BCUT2D eigenvalue weighted by atomic mass is 32.2. The highest BCUT2D eigenvalue weighted by Gasteiger charge is 2.22. The summed E-state index contributed by atoms with van der Waals surface area (Å²) < 4.78 is 35.8. The van der Waals surface area contributed by atoms with Gasteiger partial charge in [0.15, 0.2) is 0 Å². The maximum atomic E-state index is 12.4. The second kappa shape index (κ2) is 9.31. The van der Waals surface area contributed by atoms with Crippen LogP contribution in [0.4, 0.5) is 5.69 Å². The maximum absolute atomic E-state index is 12.4. The van der Waals surface area contributed by atoms with E-state index in [9.17, 15) is 13.2 Å². The summed E-state index contributed by atoms with van der Waals surface area (Å²) >= 11 is 0. The largest absolute Gasteiger partial charge is 0.495 e. The number of rotatable bonds is 8. The Morgan fingerprint density at radius 2 is 2.04 bits per heavy atom. The number of nitrogens with one attached hydrogen (secondary N) is 1. The molecule has 0 aliphatic carbocycles. The summed E-state index contributed by atoms with van der Waals surface area (Å²) in [6.45, 7) is 5.32. The molecule has 0 aromatic heterocycles. The first-order chi connectivity index (χ1) is 12.3. The van der Waals surface area contributed by atoms with Crippen molar-refractivity contribution in [3.05, 3.63) is 23.8 Å². The number of carbonyl (C=O) groups is 1. The smallest absolute Gasteiger partial charge is 0.239 e. The SMILES string of the molecule is COc1ccc(C)cc1NC(=O)CN(CCN1CCOCC1)S(C)(=O)=O. The maximum Gasteiger partial charge on any atom is 0.239 e. The molecule has 0 atom stereocenters. The van der Waals surface area contributed by atoms with E-state index in [0.717, 1.165) is 24.9 Å². The highest BCUT2D eigenvalue weighted by Crippen LogP contribution is 2.25. The van der Waals surface area contributed by atoms with Crippen LogP contribution in [0, 0.1) is 6.92 Å². The number of ether oxygens (including phenoxy) is 2. The van der Waals surface area contributed by atoms with Gasteiger partial charge in [0.05, 0.1) is 38.8 Å². The van der Waals surface area contributed by atoms with E-state index in [4.69, 9.17) is 9.47 Å². The number of anilines is 1. The lowest BCUT2D eigenvalue weighted by molar-refractivity contribution is -0.116. The van der Waals surface area contributed by atoms with Gasteiger partial charge in [-0.05, 0) is 24.6 Å². The molecule has 0 bridgehead atoms. The lowest BCUT2D eigenvalue weighted by Crippen LogP contribution is -2.45. The molecule has 26 heavy (non-hydrogen) atoms. The first kappa shape index (κ1) is 20.6. The van der Waals surface area contributed by atoms with Crippen LogP contribution in [0.2, 0.25) is 0 Å². The van der Waals surface area contributed by atoms with Crippen molar-refractivity contribution in [2.24, 2.45) is 0 Å². The summed E-state index contributed by atoms with van der Waals surface area (Å²) in [7, 11) is -1.97. The lowest BCUT2D eigenvalue weighted by Gasteiger charge is -2.29. The average molecular weight is 385 g/mol. The van der Waals surface area contributed by atoms with Gasteiger partial charge in [0, 0.05) is 26.2 Å². The molecule has 2 rings (SSSR count). The van der Waals surface area contributed by atoms with Crippen molar-refractivity contribution in [3.63, 3.8) is 0 Å². The molecular weight excluding hydrogens is 358 g/mol. The molecule has 0 saturated carbocycles. The van der Waals surface area contributed by atoms with Crippen LogP contribution in [-0.4, -0.2) is 82.8 Å². The number of amides is 1. The van der Waals surface area contributed by atoms with Gasteiger partial charge < -0.3 is 14.8 Å². The first-order valence-electron chi connectivity index (χ1n) is 8.49. The third-order valence-electron chi connectivity index (χ3n) is 4.19. The highest BCUT2D eigenvalue weighted by molar-refractivity contribution is 7.88. The molecule has 0 spiro atoms. The molecule has 1 aromatic rings. The van der Waals surface area contributed by atoms with E-state index in [0.29, 0.717) is 31.2 Å². The molecule has 146 valence electrons. The van der Waals surface area contributed by atoms with Crippen molar-refractivity contribution in [2.45, 2.75) is 6.92 Å². The fourth-order valence-electron chi connectivity index (χ4n) is 2.71. The van der Waals surface area contributed by atoms with Gasteiger partial charge in [0.2, 0.25) is 15.9 Å². The molecule has 9 heteroatoms. The predicted octanol–water partition coefficient (Wildman–Crippen LogP) is 0.536. The third-order valence-corrected chi connectivity index (χ3v) is 5.44. The normalized spacial score (nSPS) is 15.8. The van der Waals surface area contributed by atoms with Crippen molar-refractivity contribution in [1.29, 1.82) is 0 Å². The lowest BCUT2D eigenvalue weighted by atomic mass is 10.2. The molecule has 8 nitrogen and oxygen atoms in total. The Morgan fingerprint density at radius 3 is 2.65 bits per heavy atom. The minimum absolute atomic E-state index is 0.236. The van der Waals surface area contributed by atoms with Crippen LogP contribution in [0.3, 0.4) is 0 Å². The minimum atomic E-state index is -3.49. The summed E-state index contributed by atoms with van der Waals surface area (Å²) in [4.78, 5) is 14.5. The topological polar surface area (TPSA) is 88.2 Å². The van der Waals surface area contributed by atoms with E-state index in [-0.39, 0.29) is 13.1 Å². The molecule has 1 N–H and O–H groups in total. The van der Waals surface area contributed by atoms with Crippen LogP contribution in [0.1, 0.15) is 5.56 Å². The Hall–Kier alpha value is -1.68. The van der Waals surface area contributed by atoms with Gasteiger partial charge in [-0.25, -0.2) is 8.42 Å². The van der Waals surface area contributed by atoms with E-state index < -0.39 is 15.9 Å². The van der Waals surface area contributed by atoms with Gasteiger partial charge in [0.1, 0.15) is 5.75 Å². The second-order valence-electron chi connectivity index (χ2n) is 6.30. The Kier molecular flexibility index (Phi) is 7.39. The monoisotopic (exact) mass is 385 g/mol. The van der Waals surface area contributed by atoms with E-state index in [1.165, 1.54) is 11.4 Å². The summed E-state index contributed by atoms with van der Waals surface area (Å²) in [6, 6.07) is 5.42. The quantitative estimate of drug-likeness (QED) is 0.703. The predicted molar refractivity (Wildman–Crippen MR) is 100 cm³/mol. The number of methoxy groups -OCH3 is 1. The van der Waals surface area contributed by atoms with Crippen molar-refractivity contribution >= 4 is 21.6 Å². The van der Waals surface area contributed by atoms with E-state index in [1.54, 1.807) is 12.1 Å². The number of benzene rings is 1. The molecule has 1 saturated heterocycles. The van der Waals surface area contributed by atoms with Gasteiger partial charge in [0.25, 0.3) is 0 Å². The van der Waals surface area contributed by atoms with Crippen LogP contribution in [-0.2, 0) is 19.6 Å². The molecule has 0 radical (unpaired) electrons. The number of aryl methyl sites for hydroxylation is 1. The molecule has 1 aliphatic heterocycles. The Morgan fingerprint density at radius 1 is 1.35 bits per heavy atom. The summed E-state index contributed by atoms with van der Waals surface area (Å²) in [6.07, 6.45) is 1.12. The standard InChI is InChI=1S/C17H27N3O5S/c1-14-4-5-16(24-2)15(12-14)18-17(21)13-20(26(3,22)23)7-6-19-8-10-25-11-9-19/h4-5,12H,6-11,13H2,1-3H3,(H,18,21). The minimum Gasteiger partial charge on any atom is -0.495 e. The summed E-state index contributed by atoms with van der Waals surface area (Å²) in [5.41, 5.74) is 1.49. The Labute approximate surface area is 155 Å². The van der Waals surface area contributed by atoms with Crippen molar-refractivity contribution < 1.29 is 22.7 Å². The number of sulfonamides is 1. The molecular formula is C17H27N3O5S. The van der Waals surface area contributed by atoms with Gasteiger partial charge in [-0.2, -0.15) is 4.31 Å². The zero-order valence-corrected chi connectivity index (χ0v) is 16.3.